The SMILES string of the molecule is C[n+]1noc([O-])c1CN1CCOC(CC(=O)Nc2ccc(S(N)(=O)=O)cc2)C1=O. The highest BCUT2D eigenvalue weighted by Crippen LogP contribution is 2.18. The zero-order valence-electron chi connectivity index (χ0n) is 15.4. The van der Waals surface area contributed by atoms with E-state index in [-0.39, 0.29) is 36.7 Å². The number of nitrogens with zero attached hydrogens (tertiary/aromatic N) is 3. The maximum absolute atomic E-state index is 12.6. The van der Waals surface area contributed by atoms with Crippen LogP contribution in [-0.2, 0) is 37.9 Å². The number of primary sulfonamides is 1. The molecule has 1 unspecified atom stereocenters. The first kappa shape index (κ1) is 20.7. The molecule has 3 N–H and O–H groups in total. The molecule has 1 aliphatic heterocycles. The van der Waals surface area contributed by atoms with Crippen LogP contribution >= 0.6 is 0 Å². The lowest BCUT2D eigenvalue weighted by Gasteiger charge is -2.31. The third-order valence-corrected chi connectivity index (χ3v) is 5.25. The first-order valence-corrected chi connectivity index (χ1v) is 10.0. The van der Waals surface area contributed by atoms with E-state index in [9.17, 15) is 23.1 Å². The van der Waals surface area contributed by atoms with E-state index >= 15 is 0 Å². The van der Waals surface area contributed by atoms with Gasteiger partial charge in [-0.2, -0.15) is 0 Å². The van der Waals surface area contributed by atoms with Gasteiger partial charge in [0.1, 0.15) is 12.6 Å². The quantitative estimate of drug-likeness (QED) is 0.499. The van der Waals surface area contributed by atoms with Gasteiger partial charge in [-0.25, -0.2) is 13.6 Å². The first-order valence-electron chi connectivity index (χ1n) is 8.50. The summed E-state index contributed by atoms with van der Waals surface area (Å²) in [5, 5.41) is 22.7. The Labute approximate surface area is 165 Å². The van der Waals surface area contributed by atoms with Crippen LogP contribution in [0.3, 0.4) is 0 Å². The molecule has 2 heterocycles. The number of anilines is 1. The van der Waals surface area contributed by atoms with E-state index in [4.69, 9.17) is 9.88 Å². The Morgan fingerprint density at radius 1 is 1.41 bits per heavy atom. The average molecular weight is 425 g/mol. The summed E-state index contributed by atoms with van der Waals surface area (Å²) in [5.41, 5.74) is 0.549. The monoisotopic (exact) mass is 425 g/mol. The normalized spacial score (nSPS) is 17.4. The molecule has 1 aromatic heterocycles. The van der Waals surface area contributed by atoms with Crippen molar-refractivity contribution < 1.29 is 37.1 Å². The number of aryl methyl sites for hydroxylation is 1. The third-order valence-electron chi connectivity index (χ3n) is 4.32. The largest absolute Gasteiger partial charge is 0.539 e. The number of sulfonamides is 1. The summed E-state index contributed by atoms with van der Waals surface area (Å²) >= 11 is 0. The van der Waals surface area contributed by atoms with Crippen molar-refractivity contribution >= 4 is 27.5 Å². The number of carbonyl (C=O) groups excluding carboxylic acids is 2. The molecule has 13 heteroatoms. The summed E-state index contributed by atoms with van der Waals surface area (Å²) in [4.78, 5) is 26.2. The molecular weight excluding hydrogens is 406 g/mol. The van der Waals surface area contributed by atoms with Gasteiger partial charge in [-0.3, -0.25) is 9.59 Å². The molecule has 29 heavy (non-hydrogen) atoms. The van der Waals surface area contributed by atoms with E-state index in [0.29, 0.717) is 5.69 Å². The Bertz CT molecular complexity index is 999. The molecule has 3 rings (SSSR count). The number of carbonyl (C=O) groups is 2. The van der Waals surface area contributed by atoms with Crippen LogP contribution in [0.25, 0.3) is 0 Å². The van der Waals surface area contributed by atoms with Gasteiger partial charge < -0.3 is 24.6 Å². The van der Waals surface area contributed by atoms with Gasteiger partial charge in [0, 0.05) is 12.2 Å². The van der Waals surface area contributed by atoms with Crippen molar-refractivity contribution in [2.75, 3.05) is 18.5 Å². The highest BCUT2D eigenvalue weighted by molar-refractivity contribution is 7.89. The van der Waals surface area contributed by atoms with Crippen molar-refractivity contribution in [1.29, 1.82) is 0 Å². The zero-order chi connectivity index (χ0) is 21.2. The second kappa shape index (κ2) is 8.14. The standard InChI is InChI=1S/C16H19N5O7S/c1-20-12(16(24)28-19-20)9-21-6-7-27-13(15(21)23)8-14(22)18-10-2-4-11(5-3-10)29(17,25)26/h2-5,13H,6-9H2,1H3,(H3-,17,18,19,22,24,25,26). The van der Waals surface area contributed by atoms with Crippen LogP contribution in [0.15, 0.2) is 33.7 Å². The van der Waals surface area contributed by atoms with E-state index < -0.39 is 33.9 Å². The fourth-order valence-electron chi connectivity index (χ4n) is 2.78. The molecule has 0 aliphatic carbocycles. The molecule has 156 valence electrons. The number of amides is 2. The number of nitrogens with one attached hydrogen (secondary N) is 1. The predicted octanol–water partition coefficient (Wildman–Crippen LogP) is -2.02. The Morgan fingerprint density at radius 3 is 2.69 bits per heavy atom. The van der Waals surface area contributed by atoms with Crippen molar-refractivity contribution in [3.05, 3.63) is 30.0 Å². The van der Waals surface area contributed by atoms with Crippen LogP contribution < -0.4 is 20.2 Å². The number of rotatable bonds is 6. The molecule has 0 saturated carbocycles. The van der Waals surface area contributed by atoms with Crippen LogP contribution in [0.1, 0.15) is 12.1 Å². The minimum Gasteiger partial charge on any atom is -0.539 e. The van der Waals surface area contributed by atoms with E-state index in [2.05, 4.69) is 15.1 Å². The maximum atomic E-state index is 12.6. The first-order chi connectivity index (χ1) is 13.6. The summed E-state index contributed by atoms with van der Waals surface area (Å²) in [7, 11) is -2.30. The number of ether oxygens (including phenoxy) is 1. The lowest BCUT2D eigenvalue weighted by Crippen LogP contribution is -2.50. The van der Waals surface area contributed by atoms with Gasteiger partial charge in [0.25, 0.3) is 11.6 Å². The van der Waals surface area contributed by atoms with Crippen molar-refractivity contribution in [2.24, 2.45) is 12.2 Å². The molecule has 1 atom stereocenters. The number of aromatic nitrogens is 2. The smallest absolute Gasteiger partial charge is 0.252 e. The molecule has 2 aromatic rings. The number of hydrogen-bond acceptors (Lipinski definition) is 8. The van der Waals surface area contributed by atoms with Gasteiger partial charge in [-0.15, -0.1) is 0 Å². The molecule has 1 fully saturated rings. The second-order valence-corrected chi connectivity index (χ2v) is 7.93. The number of nitrogens with two attached hydrogens (primary N) is 1. The Hall–Kier alpha value is -3.03. The van der Waals surface area contributed by atoms with Gasteiger partial charge in [-0.1, -0.05) is 4.68 Å². The fourth-order valence-corrected chi connectivity index (χ4v) is 3.30. The molecule has 0 radical (unpaired) electrons. The number of morpholine rings is 1. The highest BCUT2D eigenvalue weighted by Gasteiger charge is 2.33. The topological polar surface area (TPSA) is 172 Å². The van der Waals surface area contributed by atoms with E-state index in [1.807, 2.05) is 0 Å². The van der Waals surface area contributed by atoms with Crippen LogP contribution in [0.2, 0.25) is 0 Å². The minimum atomic E-state index is -3.83. The number of hydrogen-bond donors (Lipinski definition) is 2. The lowest BCUT2D eigenvalue weighted by atomic mass is 10.1. The van der Waals surface area contributed by atoms with Crippen molar-refractivity contribution in [1.82, 2.24) is 10.2 Å². The second-order valence-electron chi connectivity index (χ2n) is 6.37. The third kappa shape index (κ3) is 4.88. The van der Waals surface area contributed by atoms with Crippen LogP contribution in [-0.4, -0.2) is 49.7 Å². The van der Waals surface area contributed by atoms with Crippen LogP contribution in [0.5, 0.6) is 5.95 Å². The van der Waals surface area contributed by atoms with E-state index in [0.717, 1.165) is 0 Å². The molecule has 1 aliphatic rings. The molecule has 0 spiro atoms. The zero-order valence-corrected chi connectivity index (χ0v) is 16.2. The summed E-state index contributed by atoms with van der Waals surface area (Å²) in [6, 6.07) is 5.28. The highest BCUT2D eigenvalue weighted by atomic mass is 32.2. The van der Waals surface area contributed by atoms with Crippen molar-refractivity contribution in [3.63, 3.8) is 0 Å². The Kier molecular flexibility index (Phi) is 5.81. The minimum absolute atomic E-state index is 0.00578. The van der Waals surface area contributed by atoms with E-state index in [1.165, 1.54) is 40.9 Å². The van der Waals surface area contributed by atoms with Crippen LogP contribution in [0, 0.1) is 0 Å². The summed E-state index contributed by atoms with van der Waals surface area (Å²) in [5.74, 6) is -1.56. The molecule has 1 aromatic carbocycles. The molecule has 2 amide bonds. The lowest BCUT2D eigenvalue weighted by molar-refractivity contribution is -0.746. The molecular formula is C16H19N5O7S. The fraction of sp³-hybridized carbons (Fsp3) is 0.375. The van der Waals surface area contributed by atoms with Gasteiger partial charge in [0.2, 0.25) is 15.9 Å². The predicted molar refractivity (Wildman–Crippen MR) is 93.3 cm³/mol. The Balaban J connectivity index is 1.60. The van der Waals surface area contributed by atoms with Gasteiger partial charge in [0.15, 0.2) is 13.0 Å². The summed E-state index contributed by atoms with van der Waals surface area (Å²) < 4.78 is 33.7. The van der Waals surface area contributed by atoms with Crippen molar-refractivity contribution in [3.8, 4) is 5.95 Å². The molecule has 0 bridgehead atoms. The molecule has 1 saturated heterocycles. The van der Waals surface area contributed by atoms with Crippen molar-refractivity contribution in [2.45, 2.75) is 24.0 Å². The maximum Gasteiger partial charge on any atom is 0.252 e. The van der Waals surface area contributed by atoms with E-state index in [1.54, 1.807) is 0 Å². The van der Waals surface area contributed by atoms with Gasteiger partial charge in [-0.05, 0) is 24.3 Å². The number of benzene rings is 1. The Morgan fingerprint density at radius 2 is 2.10 bits per heavy atom. The average Bonchev–Trinajstić information content (AvgIpc) is 2.96. The summed E-state index contributed by atoms with van der Waals surface area (Å²) in [6.45, 7) is 0.459. The summed E-state index contributed by atoms with van der Waals surface area (Å²) in [6.07, 6.45) is -1.25. The molecule has 12 nitrogen and oxygen atoms in total. The van der Waals surface area contributed by atoms with Gasteiger partial charge >= 0.3 is 0 Å². The van der Waals surface area contributed by atoms with Gasteiger partial charge in [0.05, 0.1) is 23.2 Å². The van der Waals surface area contributed by atoms with Crippen LogP contribution in [0.4, 0.5) is 5.69 Å².